The van der Waals surface area contributed by atoms with Gasteiger partial charge in [0.1, 0.15) is 11.3 Å². The molecular formula is C21H25N3O4. The van der Waals surface area contributed by atoms with E-state index in [0.29, 0.717) is 30.7 Å². The first-order valence-electron chi connectivity index (χ1n) is 9.17. The Bertz CT molecular complexity index is 1100. The molecule has 0 bridgehead atoms. The van der Waals surface area contributed by atoms with Gasteiger partial charge in [-0.25, -0.2) is 4.79 Å². The summed E-state index contributed by atoms with van der Waals surface area (Å²) in [6.07, 6.45) is 0.852. The standard InChI is InChI=1S/C21H25N3O4/c1-12-8-21(26)28-19-10-18(27-5)15(9-16(12)19)6-7-20(25)22-11-17-13(2)23-24(4)14(17)3/h8-10H,6-7,11H2,1-5H3,(H,22,25). The number of nitrogens with zero attached hydrogens (tertiary/aromatic N) is 2. The van der Waals surface area contributed by atoms with Crippen LogP contribution in [0.25, 0.3) is 11.0 Å². The van der Waals surface area contributed by atoms with Crippen molar-refractivity contribution < 1.29 is 13.9 Å². The minimum atomic E-state index is -0.389. The van der Waals surface area contributed by atoms with E-state index >= 15 is 0 Å². The summed E-state index contributed by atoms with van der Waals surface area (Å²) in [7, 11) is 3.45. The van der Waals surface area contributed by atoms with E-state index in [1.54, 1.807) is 13.2 Å². The van der Waals surface area contributed by atoms with Gasteiger partial charge in [0.25, 0.3) is 0 Å². The first-order chi connectivity index (χ1) is 13.3. The Balaban J connectivity index is 1.72. The number of fused-ring (bicyclic) bond motifs is 1. The zero-order valence-electron chi connectivity index (χ0n) is 16.9. The fourth-order valence-corrected chi connectivity index (χ4v) is 3.37. The van der Waals surface area contributed by atoms with Gasteiger partial charge in [-0.2, -0.15) is 5.10 Å². The van der Waals surface area contributed by atoms with Crippen molar-refractivity contribution in [3.8, 4) is 5.75 Å². The molecule has 0 unspecified atom stereocenters. The zero-order valence-corrected chi connectivity index (χ0v) is 16.9. The van der Waals surface area contributed by atoms with Gasteiger partial charge >= 0.3 is 5.63 Å². The second kappa shape index (κ2) is 7.88. The predicted octanol–water partition coefficient (Wildman–Crippen LogP) is 2.71. The smallest absolute Gasteiger partial charge is 0.336 e. The number of aryl methyl sites for hydroxylation is 4. The number of benzene rings is 1. The van der Waals surface area contributed by atoms with Crippen molar-refractivity contribution in [1.29, 1.82) is 0 Å². The van der Waals surface area contributed by atoms with Crippen LogP contribution in [0.5, 0.6) is 5.75 Å². The summed E-state index contributed by atoms with van der Waals surface area (Å²) in [4.78, 5) is 23.9. The van der Waals surface area contributed by atoms with Crippen LogP contribution in [-0.4, -0.2) is 22.8 Å². The molecule has 0 fully saturated rings. The highest BCUT2D eigenvalue weighted by molar-refractivity contribution is 5.83. The van der Waals surface area contributed by atoms with Crippen LogP contribution in [0, 0.1) is 20.8 Å². The average molecular weight is 383 g/mol. The molecule has 2 heterocycles. The molecule has 0 aliphatic heterocycles. The largest absolute Gasteiger partial charge is 0.496 e. The lowest BCUT2D eigenvalue weighted by Crippen LogP contribution is -2.23. The minimum absolute atomic E-state index is 0.0406. The van der Waals surface area contributed by atoms with Crippen LogP contribution in [0.4, 0.5) is 0 Å². The van der Waals surface area contributed by atoms with E-state index in [-0.39, 0.29) is 11.5 Å². The molecule has 0 aliphatic rings. The lowest BCUT2D eigenvalue weighted by molar-refractivity contribution is -0.121. The van der Waals surface area contributed by atoms with Crippen molar-refractivity contribution in [2.45, 2.75) is 40.2 Å². The third-order valence-electron chi connectivity index (χ3n) is 5.09. The Morgan fingerprint density at radius 2 is 2.00 bits per heavy atom. The fourth-order valence-electron chi connectivity index (χ4n) is 3.37. The molecule has 0 aliphatic carbocycles. The highest BCUT2D eigenvalue weighted by Crippen LogP contribution is 2.28. The number of ether oxygens (including phenoxy) is 1. The van der Waals surface area contributed by atoms with E-state index < -0.39 is 0 Å². The van der Waals surface area contributed by atoms with Gasteiger partial charge in [0.2, 0.25) is 5.91 Å². The molecule has 148 valence electrons. The normalized spacial score (nSPS) is 11.0. The van der Waals surface area contributed by atoms with Gasteiger partial charge in [0.05, 0.1) is 12.8 Å². The minimum Gasteiger partial charge on any atom is -0.496 e. The first-order valence-corrected chi connectivity index (χ1v) is 9.17. The highest BCUT2D eigenvalue weighted by atomic mass is 16.5. The van der Waals surface area contributed by atoms with Crippen LogP contribution >= 0.6 is 0 Å². The van der Waals surface area contributed by atoms with Gasteiger partial charge in [-0.05, 0) is 44.4 Å². The number of aromatic nitrogens is 2. The number of carbonyl (C=O) groups excluding carboxylic acids is 1. The second-order valence-electron chi connectivity index (χ2n) is 6.96. The van der Waals surface area contributed by atoms with E-state index in [9.17, 15) is 9.59 Å². The number of hydrogen-bond donors (Lipinski definition) is 1. The molecule has 0 saturated heterocycles. The molecule has 0 spiro atoms. The summed E-state index contributed by atoms with van der Waals surface area (Å²) >= 11 is 0. The van der Waals surface area contributed by atoms with Crippen LogP contribution < -0.4 is 15.7 Å². The summed E-state index contributed by atoms with van der Waals surface area (Å²) in [5.41, 5.74) is 4.85. The molecule has 3 rings (SSSR count). The van der Waals surface area contributed by atoms with Crippen molar-refractivity contribution in [2.24, 2.45) is 7.05 Å². The second-order valence-corrected chi connectivity index (χ2v) is 6.96. The molecule has 1 amide bonds. The fraction of sp³-hybridized carbons (Fsp3) is 0.381. The lowest BCUT2D eigenvalue weighted by Gasteiger charge is -2.11. The van der Waals surface area contributed by atoms with Gasteiger partial charge < -0.3 is 14.5 Å². The van der Waals surface area contributed by atoms with Gasteiger partial charge in [0.15, 0.2) is 0 Å². The number of rotatable bonds is 6. The summed E-state index contributed by atoms with van der Waals surface area (Å²) in [5.74, 6) is 0.564. The molecule has 7 nitrogen and oxygen atoms in total. The number of methoxy groups -OCH3 is 1. The Morgan fingerprint density at radius 1 is 1.25 bits per heavy atom. The van der Waals surface area contributed by atoms with E-state index in [0.717, 1.165) is 33.5 Å². The molecule has 2 aromatic heterocycles. The zero-order chi connectivity index (χ0) is 20.4. The Morgan fingerprint density at radius 3 is 2.64 bits per heavy atom. The van der Waals surface area contributed by atoms with Crippen molar-refractivity contribution in [1.82, 2.24) is 15.1 Å². The van der Waals surface area contributed by atoms with Gasteiger partial charge in [-0.3, -0.25) is 9.48 Å². The predicted molar refractivity (Wildman–Crippen MR) is 107 cm³/mol. The monoisotopic (exact) mass is 383 g/mol. The first kappa shape index (κ1) is 19.7. The summed E-state index contributed by atoms with van der Waals surface area (Å²) in [5, 5.41) is 8.18. The lowest BCUT2D eigenvalue weighted by atomic mass is 10.0. The molecule has 0 radical (unpaired) electrons. The van der Waals surface area contributed by atoms with E-state index in [2.05, 4.69) is 10.4 Å². The Hall–Kier alpha value is -3.09. The number of carbonyl (C=O) groups is 1. The summed E-state index contributed by atoms with van der Waals surface area (Å²) in [6.45, 7) is 6.25. The van der Waals surface area contributed by atoms with Crippen molar-refractivity contribution in [2.75, 3.05) is 7.11 Å². The van der Waals surface area contributed by atoms with E-state index in [1.165, 1.54) is 6.07 Å². The van der Waals surface area contributed by atoms with Crippen LogP contribution in [0.1, 0.15) is 34.5 Å². The topological polar surface area (TPSA) is 86.4 Å². The third kappa shape index (κ3) is 3.93. The SMILES string of the molecule is COc1cc2oc(=O)cc(C)c2cc1CCC(=O)NCc1c(C)nn(C)c1C. The molecule has 0 saturated carbocycles. The van der Waals surface area contributed by atoms with Crippen LogP contribution in [0.2, 0.25) is 0 Å². The van der Waals surface area contributed by atoms with Gasteiger partial charge in [-0.15, -0.1) is 0 Å². The van der Waals surface area contributed by atoms with Crippen LogP contribution in [0.3, 0.4) is 0 Å². The molecule has 1 aromatic carbocycles. The van der Waals surface area contributed by atoms with E-state index in [1.807, 2.05) is 38.6 Å². The molecule has 0 atom stereocenters. The molecule has 3 aromatic rings. The number of hydrogen-bond acceptors (Lipinski definition) is 5. The van der Waals surface area contributed by atoms with Crippen molar-refractivity contribution >= 4 is 16.9 Å². The maximum atomic E-state index is 12.4. The van der Waals surface area contributed by atoms with Gasteiger partial charge in [-0.1, -0.05) is 0 Å². The molecule has 1 N–H and O–H groups in total. The summed E-state index contributed by atoms with van der Waals surface area (Å²) in [6, 6.07) is 5.10. The Labute approximate surface area is 163 Å². The summed E-state index contributed by atoms with van der Waals surface area (Å²) < 4.78 is 12.5. The third-order valence-corrected chi connectivity index (χ3v) is 5.09. The average Bonchev–Trinajstić information content (AvgIpc) is 2.89. The number of nitrogens with one attached hydrogen (secondary N) is 1. The van der Waals surface area contributed by atoms with Crippen molar-refractivity contribution in [3.05, 3.63) is 56.7 Å². The maximum absolute atomic E-state index is 12.4. The van der Waals surface area contributed by atoms with Crippen LogP contribution in [0.15, 0.2) is 27.4 Å². The molecule has 7 heteroatoms. The molecular weight excluding hydrogens is 358 g/mol. The highest BCUT2D eigenvalue weighted by Gasteiger charge is 2.13. The van der Waals surface area contributed by atoms with Gasteiger partial charge in [0, 0.05) is 48.8 Å². The number of amides is 1. The molecule has 28 heavy (non-hydrogen) atoms. The Kier molecular flexibility index (Phi) is 5.53. The quantitative estimate of drug-likeness (QED) is 0.662. The van der Waals surface area contributed by atoms with E-state index in [4.69, 9.17) is 9.15 Å². The van der Waals surface area contributed by atoms with Crippen molar-refractivity contribution in [3.63, 3.8) is 0 Å². The van der Waals surface area contributed by atoms with Crippen LogP contribution in [-0.2, 0) is 24.8 Å². The maximum Gasteiger partial charge on any atom is 0.336 e.